The van der Waals surface area contributed by atoms with Crippen LogP contribution in [-0.4, -0.2) is 11.7 Å². The SMILES string of the molecule is Cc1cccc(Cl)c1C=CCCO. The van der Waals surface area contributed by atoms with E-state index >= 15 is 0 Å². The number of hydrogen-bond acceptors (Lipinski definition) is 1. The summed E-state index contributed by atoms with van der Waals surface area (Å²) < 4.78 is 0. The first kappa shape index (κ1) is 10.3. The third kappa shape index (κ3) is 2.87. The summed E-state index contributed by atoms with van der Waals surface area (Å²) in [5, 5.41) is 9.36. The fraction of sp³-hybridized carbons (Fsp3) is 0.273. The molecular formula is C11H13ClO. The standard InChI is InChI=1S/C11H13ClO/c1-9-5-4-7-11(12)10(9)6-2-3-8-13/h2,4-7,13H,3,8H2,1H3. The highest BCUT2D eigenvalue weighted by Gasteiger charge is 1.97. The lowest BCUT2D eigenvalue weighted by Crippen LogP contribution is -1.82. The number of aliphatic hydroxyl groups excluding tert-OH is 1. The molecular weight excluding hydrogens is 184 g/mol. The molecule has 0 amide bonds. The molecule has 0 saturated carbocycles. The molecule has 0 aliphatic carbocycles. The van der Waals surface area contributed by atoms with Gasteiger partial charge in [-0.25, -0.2) is 0 Å². The summed E-state index contributed by atoms with van der Waals surface area (Å²) in [6.07, 6.45) is 4.55. The molecule has 0 spiro atoms. The number of benzene rings is 1. The van der Waals surface area contributed by atoms with Gasteiger partial charge < -0.3 is 5.11 Å². The molecule has 70 valence electrons. The Labute approximate surface area is 83.7 Å². The van der Waals surface area contributed by atoms with Crippen LogP contribution in [0.2, 0.25) is 5.02 Å². The zero-order chi connectivity index (χ0) is 9.68. The lowest BCUT2D eigenvalue weighted by molar-refractivity contribution is 0.303. The maximum absolute atomic E-state index is 8.60. The fourth-order valence-corrected chi connectivity index (χ4v) is 1.42. The Kier molecular flexibility index (Phi) is 4.00. The summed E-state index contributed by atoms with van der Waals surface area (Å²) >= 11 is 5.99. The second-order valence-corrected chi connectivity index (χ2v) is 3.29. The molecule has 1 nitrogen and oxygen atoms in total. The van der Waals surface area contributed by atoms with Crippen molar-refractivity contribution in [1.29, 1.82) is 0 Å². The number of aryl methyl sites for hydroxylation is 1. The zero-order valence-electron chi connectivity index (χ0n) is 7.63. The molecule has 0 aliphatic heterocycles. The van der Waals surface area contributed by atoms with E-state index in [1.807, 2.05) is 37.3 Å². The van der Waals surface area contributed by atoms with Gasteiger partial charge in [-0.15, -0.1) is 0 Å². The van der Waals surface area contributed by atoms with Crippen molar-refractivity contribution in [3.8, 4) is 0 Å². The van der Waals surface area contributed by atoms with E-state index in [4.69, 9.17) is 16.7 Å². The first-order chi connectivity index (χ1) is 6.25. The van der Waals surface area contributed by atoms with E-state index in [0.29, 0.717) is 6.42 Å². The summed E-state index contributed by atoms with van der Waals surface area (Å²) in [7, 11) is 0. The first-order valence-corrected chi connectivity index (χ1v) is 4.66. The number of halogens is 1. The molecule has 13 heavy (non-hydrogen) atoms. The van der Waals surface area contributed by atoms with Crippen molar-refractivity contribution in [2.24, 2.45) is 0 Å². The van der Waals surface area contributed by atoms with Crippen molar-refractivity contribution in [3.05, 3.63) is 40.4 Å². The fourth-order valence-electron chi connectivity index (χ4n) is 1.13. The van der Waals surface area contributed by atoms with Crippen LogP contribution in [0.25, 0.3) is 6.08 Å². The van der Waals surface area contributed by atoms with Crippen molar-refractivity contribution in [3.63, 3.8) is 0 Å². The predicted molar refractivity (Wildman–Crippen MR) is 56.9 cm³/mol. The molecule has 0 radical (unpaired) electrons. The molecule has 0 aliphatic rings. The molecule has 0 saturated heterocycles. The van der Waals surface area contributed by atoms with Gasteiger partial charge in [-0.3, -0.25) is 0 Å². The topological polar surface area (TPSA) is 20.2 Å². The van der Waals surface area contributed by atoms with Crippen molar-refractivity contribution in [2.75, 3.05) is 6.61 Å². The van der Waals surface area contributed by atoms with Gasteiger partial charge in [0.15, 0.2) is 0 Å². The normalized spacial score (nSPS) is 11.0. The van der Waals surface area contributed by atoms with Gasteiger partial charge >= 0.3 is 0 Å². The third-order valence-corrected chi connectivity index (χ3v) is 2.18. The van der Waals surface area contributed by atoms with E-state index in [1.165, 1.54) is 0 Å². The highest BCUT2D eigenvalue weighted by molar-refractivity contribution is 6.32. The molecule has 0 unspecified atom stereocenters. The predicted octanol–water partition coefficient (Wildman–Crippen LogP) is 3.04. The van der Waals surface area contributed by atoms with Gasteiger partial charge in [0, 0.05) is 11.6 Å². The Balaban J connectivity index is 2.87. The molecule has 1 aromatic rings. The van der Waals surface area contributed by atoms with Crippen LogP contribution in [0.4, 0.5) is 0 Å². The van der Waals surface area contributed by atoms with Crippen molar-refractivity contribution in [1.82, 2.24) is 0 Å². The number of rotatable bonds is 3. The van der Waals surface area contributed by atoms with Gasteiger partial charge in [-0.1, -0.05) is 35.9 Å². The first-order valence-electron chi connectivity index (χ1n) is 4.28. The van der Waals surface area contributed by atoms with Gasteiger partial charge in [0.2, 0.25) is 0 Å². The number of aliphatic hydroxyl groups is 1. The molecule has 1 N–H and O–H groups in total. The van der Waals surface area contributed by atoms with Gasteiger partial charge in [-0.05, 0) is 30.5 Å². The van der Waals surface area contributed by atoms with Crippen molar-refractivity contribution < 1.29 is 5.11 Å². The Morgan fingerprint density at radius 3 is 2.85 bits per heavy atom. The van der Waals surface area contributed by atoms with Crippen LogP contribution in [0.1, 0.15) is 17.5 Å². The lowest BCUT2D eigenvalue weighted by Gasteiger charge is -2.01. The van der Waals surface area contributed by atoms with E-state index in [9.17, 15) is 0 Å². The third-order valence-electron chi connectivity index (χ3n) is 1.85. The Bertz CT molecular complexity index is 285. The summed E-state index contributed by atoms with van der Waals surface area (Å²) in [6, 6.07) is 5.82. The van der Waals surface area contributed by atoms with Gasteiger partial charge in [0.05, 0.1) is 0 Å². The minimum Gasteiger partial charge on any atom is -0.396 e. The minimum atomic E-state index is 0.181. The minimum absolute atomic E-state index is 0.181. The van der Waals surface area contributed by atoms with Gasteiger partial charge in [0.25, 0.3) is 0 Å². The Morgan fingerprint density at radius 1 is 1.46 bits per heavy atom. The highest BCUT2D eigenvalue weighted by atomic mass is 35.5. The van der Waals surface area contributed by atoms with E-state index in [2.05, 4.69) is 0 Å². The molecule has 0 bridgehead atoms. The molecule has 0 atom stereocenters. The smallest absolute Gasteiger partial charge is 0.0480 e. The summed E-state index contributed by atoms with van der Waals surface area (Å²) in [6.45, 7) is 2.20. The number of hydrogen-bond donors (Lipinski definition) is 1. The quantitative estimate of drug-likeness (QED) is 0.788. The van der Waals surface area contributed by atoms with E-state index < -0.39 is 0 Å². The van der Waals surface area contributed by atoms with E-state index in [-0.39, 0.29) is 6.61 Å². The average Bonchev–Trinajstić information content (AvgIpc) is 2.10. The molecule has 1 rings (SSSR count). The van der Waals surface area contributed by atoms with Crippen molar-refractivity contribution >= 4 is 17.7 Å². The Hall–Kier alpha value is -0.790. The van der Waals surface area contributed by atoms with Crippen LogP contribution in [0.5, 0.6) is 0 Å². The van der Waals surface area contributed by atoms with E-state index in [0.717, 1.165) is 16.1 Å². The largest absolute Gasteiger partial charge is 0.396 e. The maximum Gasteiger partial charge on any atom is 0.0480 e. The van der Waals surface area contributed by atoms with Gasteiger partial charge in [0.1, 0.15) is 0 Å². The van der Waals surface area contributed by atoms with Gasteiger partial charge in [-0.2, -0.15) is 0 Å². The second kappa shape index (κ2) is 5.05. The van der Waals surface area contributed by atoms with Crippen LogP contribution >= 0.6 is 11.6 Å². The van der Waals surface area contributed by atoms with Crippen LogP contribution in [0.3, 0.4) is 0 Å². The maximum atomic E-state index is 8.60. The van der Waals surface area contributed by atoms with E-state index in [1.54, 1.807) is 0 Å². The van der Waals surface area contributed by atoms with Crippen LogP contribution in [-0.2, 0) is 0 Å². The van der Waals surface area contributed by atoms with Crippen LogP contribution in [0.15, 0.2) is 24.3 Å². The molecule has 1 aromatic carbocycles. The molecule has 2 heteroatoms. The summed E-state index contributed by atoms with van der Waals surface area (Å²) in [5.74, 6) is 0. The molecule has 0 heterocycles. The summed E-state index contributed by atoms with van der Waals surface area (Å²) in [4.78, 5) is 0. The lowest BCUT2D eigenvalue weighted by atomic mass is 10.1. The average molecular weight is 197 g/mol. The van der Waals surface area contributed by atoms with Crippen LogP contribution in [0, 0.1) is 6.92 Å². The monoisotopic (exact) mass is 196 g/mol. The zero-order valence-corrected chi connectivity index (χ0v) is 8.38. The molecule has 0 fully saturated rings. The summed E-state index contributed by atoms with van der Waals surface area (Å²) in [5.41, 5.74) is 2.19. The molecule has 0 aromatic heterocycles. The van der Waals surface area contributed by atoms with Crippen molar-refractivity contribution in [2.45, 2.75) is 13.3 Å². The second-order valence-electron chi connectivity index (χ2n) is 2.89. The highest BCUT2D eigenvalue weighted by Crippen LogP contribution is 2.20. The Morgan fingerprint density at radius 2 is 2.23 bits per heavy atom. The van der Waals surface area contributed by atoms with Crippen LogP contribution < -0.4 is 0 Å².